The molecule has 2 aromatic rings. The lowest BCUT2D eigenvalue weighted by Crippen LogP contribution is -2.48. The van der Waals surface area contributed by atoms with E-state index in [0.29, 0.717) is 0 Å². The SMILES string of the molecule is O=C(N[C@@H](CS(=O)(=O)c1ccccc1)[C@H](O)CCl)OCc1ccccc1. The predicted molar refractivity (Wildman–Crippen MR) is 98.8 cm³/mol. The summed E-state index contributed by atoms with van der Waals surface area (Å²) >= 11 is 5.64. The van der Waals surface area contributed by atoms with Gasteiger partial charge in [-0.3, -0.25) is 0 Å². The number of sulfone groups is 1. The molecule has 6 nitrogen and oxygen atoms in total. The van der Waals surface area contributed by atoms with Gasteiger partial charge in [-0.05, 0) is 17.7 Å². The number of hydrogen-bond donors (Lipinski definition) is 2. The molecule has 0 bridgehead atoms. The Morgan fingerprint density at radius 1 is 1.08 bits per heavy atom. The first-order valence-electron chi connectivity index (χ1n) is 7.91. The number of halogens is 1. The van der Waals surface area contributed by atoms with Gasteiger partial charge in [-0.15, -0.1) is 11.6 Å². The maximum atomic E-state index is 12.5. The number of alkyl halides is 1. The zero-order valence-corrected chi connectivity index (χ0v) is 15.5. The molecule has 2 rings (SSSR count). The molecule has 140 valence electrons. The first kappa shape index (κ1) is 20.2. The van der Waals surface area contributed by atoms with Crippen molar-refractivity contribution in [2.75, 3.05) is 11.6 Å². The number of nitrogens with one attached hydrogen (secondary N) is 1. The molecule has 26 heavy (non-hydrogen) atoms. The van der Waals surface area contributed by atoms with E-state index < -0.39 is 33.8 Å². The zero-order valence-electron chi connectivity index (χ0n) is 13.9. The molecule has 0 aliphatic rings. The molecule has 1 amide bonds. The molecular weight excluding hydrogens is 378 g/mol. The van der Waals surface area contributed by atoms with Crippen molar-refractivity contribution in [3.8, 4) is 0 Å². The molecule has 0 saturated carbocycles. The van der Waals surface area contributed by atoms with Gasteiger partial charge in [-0.2, -0.15) is 0 Å². The van der Waals surface area contributed by atoms with Crippen LogP contribution in [0.25, 0.3) is 0 Å². The Balaban J connectivity index is 2.02. The molecule has 2 aromatic carbocycles. The van der Waals surface area contributed by atoms with E-state index in [9.17, 15) is 18.3 Å². The summed E-state index contributed by atoms with van der Waals surface area (Å²) in [6, 6.07) is 15.7. The van der Waals surface area contributed by atoms with Crippen LogP contribution in [0.15, 0.2) is 65.6 Å². The summed E-state index contributed by atoms with van der Waals surface area (Å²) in [7, 11) is -3.72. The third kappa shape index (κ3) is 6.01. The Morgan fingerprint density at radius 2 is 1.65 bits per heavy atom. The highest BCUT2D eigenvalue weighted by Gasteiger charge is 2.28. The summed E-state index contributed by atoms with van der Waals surface area (Å²) in [5.41, 5.74) is 0.786. The van der Waals surface area contributed by atoms with E-state index in [-0.39, 0.29) is 17.4 Å². The number of amides is 1. The van der Waals surface area contributed by atoms with E-state index in [2.05, 4.69) is 5.32 Å². The highest BCUT2D eigenvalue weighted by atomic mass is 35.5. The highest BCUT2D eigenvalue weighted by Crippen LogP contribution is 2.13. The van der Waals surface area contributed by atoms with Gasteiger partial charge in [0, 0.05) is 0 Å². The van der Waals surface area contributed by atoms with Crippen molar-refractivity contribution >= 4 is 27.5 Å². The van der Waals surface area contributed by atoms with Gasteiger partial charge in [0.25, 0.3) is 0 Å². The van der Waals surface area contributed by atoms with Gasteiger partial charge in [0.2, 0.25) is 0 Å². The number of ether oxygens (including phenoxy) is 1. The summed E-state index contributed by atoms with van der Waals surface area (Å²) < 4.78 is 30.0. The van der Waals surface area contributed by atoms with Crippen LogP contribution in [-0.2, 0) is 21.2 Å². The van der Waals surface area contributed by atoms with Crippen LogP contribution >= 0.6 is 11.6 Å². The van der Waals surface area contributed by atoms with Crippen LogP contribution < -0.4 is 5.32 Å². The topological polar surface area (TPSA) is 92.7 Å². The maximum absolute atomic E-state index is 12.5. The van der Waals surface area contributed by atoms with E-state index >= 15 is 0 Å². The molecule has 2 atom stereocenters. The van der Waals surface area contributed by atoms with Crippen LogP contribution in [-0.4, -0.2) is 43.4 Å². The molecule has 0 aliphatic heterocycles. The second kappa shape index (κ2) is 9.56. The number of aliphatic hydroxyl groups excluding tert-OH is 1. The third-order valence-corrected chi connectivity index (χ3v) is 5.74. The first-order chi connectivity index (χ1) is 12.4. The van der Waals surface area contributed by atoms with Crippen LogP contribution in [0.4, 0.5) is 4.79 Å². The Labute approximate surface area is 157 Å². The van der Waals surface area contributed by atoms with Gasteiger partial charge in [0.05, 0.1) is 28.7 Å². The number of carbonyl (C=O) groups is 1. The van der Waals surface area contributed by atoms with E-state index in [1.165, 1.54) is 12.1 Å². The summed E-state index contributed by atoms with van der Waals surface area (Å²) in [5.74, 6) is -0.723. The molecule has 0 fully saturated rings. The van der Waals surface area contributed by atoms with Crippen molar-refractivity contribution in [3.05, 3.63) is 66.2 Å². The first-order valence-corrected chi connectivity index (χ1v) is 10.1. The Morgan fingerprint density at radius 3 is 2.23 bits per heavy atom. The fraction of sp³-hybridized carbons (Fsp3) is 0.278. The molecule has 0 aromatic heterocycles. The zero-order chi connectivity index (χ0) is 19.0. The van der Waals surface area contributed by atoms with Gasteiger partial charge in [0.1, 0.15) is 6.61 Å². The average Bonchev–Trinajstić information content (AvgIpc) is 2.66. The van der Waals surface area contributed by atoms with Gasteiger partial charge < -0.3 is 15.2 Å². The number of aliphatic hydroxyl groups is 1. The van der Waals surface area contributed by atoms with E-state index in [4.69, 9.17) is 16.3 Å². The third-order valence-electron chi connectivity index (χ3n) is 3.64. The molecule has 2 N–H and O–H groups in total. The van der Waals surface area contributed by atoms with Crippen molar-refractivity contribution in [2.45, 2.75) is 23.6 Å². The highest BCUT2D eigenvalue weighted by molar-refractivity contribution is 7.91. The number of carbonyl (C=O) groups excluding carboxylic acids is 1. The van der Waals surface area contributed by atoms with E-state index in [1.54, 1.807) is 30.3 Å². The minimum Gasteiger partial charge on any atom is -0.445 e. The van der Waals surface area contributed by atoms with Crippen molar-refractivity contribution in [1.29, 1.82) is 0 Å². The van der Waals surface area contributed by atoms with Crippen molar-refractivity contribution in [3.63, 3.8) is 0 Å². The van der Waals surface area contributed by atoms with Crippen LogP contribution in [0.5, 0.6) is 0 Å². The largest absolute Gasteiger partial charge is 0.445 e. The van der Waals surface area contributed by atoms with E-state index in [1.807, 2.05) is 18.2 Å². The summed E-state index contributed by atoms with van der Waals surface area (Å²) in [4.78, 5) is 12.1. The molecule has 0 radical (unpaired) electrons. The minimum absolute atomic E-state index is 0.0296. The molecule has 0 saturated heterocycles. The predicted octanol–water partition coefficient (Wildman–Crippen LogP) is 2.36. The van der Waals surface area contributed by atoms with Gasteiger partial charge in [-0.25, -0.2) is 13.2 Å². The molecule has 0 aliphatic carbocycles. The lowest BCUT2D eigenvalue weighted by molar-refractivity contribution is 0.115. The lowest BCUT2D eigenvalue weighted by Gasteiger charge is -2.22. The van der Waals surface area contributed by atoms with Crippen molar-refractivity contribution in [1.82, 2.24) is 5.32 Å². The Hall–Kier alpha value is -2.09. The molecular formula is C18H20ClNO5S. The summed E-state index contributed by atoms with van der Waals surface area (Å²) in [6.07, 6.45) is -2.06. The summed E-state index contributed by atoms with van der Waals surface area (Å²) in [6.45, 7) is 0.0296. The molecule has 0 spiro atoms. The minimum atomic E-state index is -3.72. The quantitative estimate of drug-likeness (QED) is 0.667. The van der Waals surface area contributed by atoms with Crippen LogP contribution in [0.2, 0.25) is 0 Å². The van der Waals surface area contributed by atoms with Crippen molar-refractivity contribution in [2.24, 2.45) is 0 Å². The number of alkyl carbamates (subject to hydrolysis) is 1. The van der Waals surface area contributed by atoms with Gasteiger partial charge in [-0.1, -0.05) is 48.5 Å². The second-order valence-electron chi connectivity index (χ2n) is 5.63. The number of benzene rings is 2. The standard InChI is InChI=1S/C18H20ClNO5S/c19-11-17(21)16(13-26(23,24)15-9-5-2-6-10-15)20-18(22)25-12-14-7-3-1-4-8-14/h1-10,16-17,21H,11-13H2,(H,20,22)/t16-,17+/m0/s1. The van der Waals surface area contributed by atoms with Gasteiger partial charge >= 0.3 is 6.09 Å². The summed E-state index contributed by atoms with van der Waals surface area (Å²) in [5, 5.41) is 12.4. The van der Waals surface area contributed by atoms with Crippen LogP contribution in [0.1, 0.15) is 5.56 Å². The maximum Gasteiger partial charge on any atom is 0.407 e. The van der Waals surface area contributed by atoms with Gasteiger partial charge in [0.15, 0.2) is 9.84 Å². The Bertz CT molecular complexity index is 799. The second-order valence-corrected chi connectivity index (χ2v) is 7.97. The Kier molecular flexibility index (Phi) is 7.44. The fourth-order valence-corrected chi connectivity index (χ4v) is 3.99. The smallest absolute Gasteiger partial charge is 0.407 e. The average molecular weight is 398 g/mol. The van der Waals surface area contributed by atoms with E-state index in [0.717, 1.165) is 5.56 Å². The van der Waals surface area contributed by atoms with Crippen molar-refractivity contribution < 1.29 is 23.1 Å². The fourth-order valence-electron chi connectivity index (χ4n) is 2.23. The molecule has 8 heteroatoms. The molecule has 0 heterocycles. The number of rotatable bonds is 8. The van der Waals surface area contributed by atoms with Crippen LogP contribution in [0.3, 0.4) is 0 Å². The molecule has 0 unspecified atom stereocenters. The van der Waals surface area contributed by atoms with Crippen LogP contribution in [0, 0.1) is 0 Å². The normalized spacial score (nSPS) is 13.6. The lowest BCUT2D eigenvalue weighted by atomic mass is 10.2. The monoisotopic (exact) mass is 397 g/mol. The number of hydrogen-bond acceptors (Lipinski definition) is 5.